The molecule has 1 N–H and O–H groups in total. The lowest BCUT2D eigenvalue weighted by Gasteiger charge is -2.29. The molecule has 3 nitrogen and oxygen atoms in total. The summed E-state index contributed by atoms with van der Waals surface area (Å²) in [6, 6.07) is 0. The lowest BCUT2D eigenvalue weighted by atomic mass is 9.88. The van der Waals surface area contributed by atoms with Gasteiger partial charge in [-0.1, -0.05) is 95.8 Å². The highest BCUT2D eigenvalue weighted by molar-refractivity contribution is 4.88. The van der Waals surface area contributed by atoms with E-state index in [1.807, 2.05) is 0 Å². The zero-order valence-corrected chi connectivity index (χ0v) is 27.1. The van der Waals surface area contributed by atoms with E-state index in [2.05, 4.69) is 76.2 Å². The summed E-state index contributed by atoms with van der Waals surface area (Å²) in [4.78, 5) is 2.21. The van der Waals surface area contributed by atoms with Crippen LogP contribution in [-0.2, 0) is 4.74 Å². The molecule has 0 radical (unpaired) electrons. The Bertz CT molecular complexity index is 544. The first-order chi connectivity index (χ1) is 19.0. The maximum Gasteiger partial charge on any atom is 0.154 e. The topological polar surface area (TPSA) is 32.7 Å². The van der Waals surface area contributed by atoms with Crippen molar-refractivity contribution in [2.75, 3.05) is 20.6 Å². The van der Waals surface area contributed by atoms with Crippen LogP contribution in [0.5, 0.6) is 0 Å². The Kier molecular flexibility index (Phi) is 29.4. The fourth-order valence-corrected chi connectivity index (χ4v) is 5.07. The van der Waals surface area contributed by atoms with Crippen molar-refractivity contribution in [2.24, 2.45) is 5.92 Å². The second-order valence-electron chi connectivity index (χ2n) is 11.8. The van der Waals surface area contributed by atoms with Gasteiger partial charge in [0.05, 0.1) is 6.10 Å². The van der Waals surface area contributed by atoms with Crippen LogP contribution in [0.1, 0.15) is 156 Å². The highest BCUT2D eigenvalue weighted by Gasteiger charge is 2.23. The molecule has 0 aliphatic rings. The molecule has 0 aliphatic heterocycles. The molecule has 0 heterocycles. The number of hydrogen-bond acceptors (Lipinski definition) is 3. The summed E-state index contributed by atoms with van der Waals surface area (Å²) < 4.78 is 6.44. The molecule has 39 heavy (non-hydrogen) atoms. The van der Waals surface area contributed by atoms with Crippen LogP contribution in [0.4, 0.5) is 0 Å². The van der Waals surface area contributed by atoms with Crippen molar-refractivity contribution in [3.8, 4) is 0 Å². The van der Waals surface area contributed by atoms with Gasteiger partial charge in [-0.25, -0.2) is 0 Å². The van der Waals surface area contributed by atoms with E-state index in [0.29, 0.717) is 5.92 Å². The van der Waals surface area contributed by atoms with Gasteiger partial charge in [0.1, 0.15) is 0 Å². The number of rotatable bonds is 29. The lowest BCUT2D eigenvalue weighted by molar-refractivity contribution is -0.157. The van der Waals surface area contributed by atoms with Gasteiger partial charge in [0, 0.05) is 0 Å². The molecule has 0 saturated carbocycles. The van der Waals surface area contributed by atoms with E-state index in [9.17, 15) is 5.11 Å². The summed E-state index contributed by atoms with van der Waals surface area (Å²) in [5.74, 6) is 0.482. The van der Waals surface area contributed by atoms with Crippen LogP contribution < -0.4 is 0 Å². The summed E-state index contributed by atoms with van der Waals surface area (Å²) in [6.45, 7) is 7.86. The summed E-state index contributed by atoms with van der Waals surface area (Å²) in [5, 5.41) is 10.8. The minimum atomic E-state index is -0.651. The van der Waals surface area contributed by atoms with Crippen LogP contribution in [0.25, 0.3) is 0 Å². The van der Waals surface area contributed by atoms with Crippen LogP contribution >= 0.6 is 0 Å². The molecule has 0 aliphatic carbocycles. The number of aliphatic hydroxyl groups is 1. The van der Waals surface area contributed by atoms with Crippen LogP contribution in [0, 0.1) is 5.92 Å². The van der Waals surface area contributed by atoms with E-state index in [-0.39, 0.29) is 6.10 Å². The zero-order chi connectivity index (χ0) is 28.8. The van der Waals surface area contributed by atoms with E-state index in [0.717, 1.165) is 64.3 Å². The number of ether oxygens (including phenoxy) is 1. The molecule has 0 aromatic heterocycles. The maximum atomic E-state index is 10.8. The first-order valence-corrected chi connectivity index (χ1v) is 17.0. The highest BCUT2D eigenvalue weighted by Crippen LogP contribution is 2.27. The van der Waals surface area contributed by atoms with Crippen molar-refractivity contribution in [1.29, 1.82) is 0 Å². The maximum absolute atomic E-state index is 10.8. The molecule has 0 fully saturated rings. The molecular weight excluding hydrogens is 478 g/mol. The Balaban J connectivity index is 5.14. The van der Waals surface area contributed by atoms with Crippen LogP contribution in [-0.4, -0.2) is 43.0 Å². The molecule has 2 unspecified atom stereocenters. The highest BCUT2D eigenvalue weighted by atomic mass is 16.6. The van der Waals surface area contributed by atoms with Crippen molar-refractivity contribution < 1.29 is 9.84 Å². The lowest BCUT2D eigenvalue weighted by Crippen LogP contribution is -2.29. The first kappa shape index (κ1) is 38.1. The number of allylic oxidation sites excluding steroid dienone is 6. The smallest absolute Gasteiger partial charge is 0.154 e. The quantitative estimate of drug-likeness (QED) is 0.0574. The average Bonchev–Trinajstić information content (AvgIpc) is 2.92. The SMILES string of the molecule is CCCCC/C=C\CCC(CC/C=C\CCCCC)C(CC/C=C\CCCCC)OC(O)CCCCN(C)C. The monoisotopic (exact) mass is 548 g/mol. The zero-order valence-electron chi connectivity index (χ0n) is 27.1. The fourth-order valence-electron chi connectivity index (χ4n) is 5.07. The second-order valence-corrected chi connectivity index (χ2v) is 11.8. The molecule has 3 heteroatoms. The third-order valence-electron chi connectivity index (χ3n) is 7.61. The van der Waals surface area contributed by atoms with Gasteiger partial charge >= 0.3 is 0 Å². The molecule has 0 rings (SSSR count). The number of hydrogen-bond donors (Lipinski definition) is 1. The molecule has 0 aromatic carbocycles. The largest absolute Gasteiger partial charge is 0.368 e. The third-order valence-corrected chi connectivity index (χ3v) is 7.61. The van der Waals surface area contributed by atoms with Gasteiger partial charge in [0.2, 0.25) is 0 Å². The Morgan fingerprint density at radius 3 is 1.41 bits per heavy atom. The van der Waals surface area contributed by atoms with Gasteiger partial charge < -0.3 is 14.7 Å². The van der Waals surface area contributed by atoms with Gasteiger partial charge in [0.25, 0.3) is 0 Å². The van der Waals surface area contributed by atoms with E-state index in [1.54, 1.807) is 0 Å². The molecular formula is C36H69NO2. The normalized spacial score (nSPS) is 14.2. The van der Waals surface area contributed by atoms with Crippen molar-refractivity contribution >= 4 is 0 Å². The molecule has 2 atom stereocenters. The van der Waals surface area contributed by atoms with E-state index >= 15 is 0 Å². The molecule has 0 spiro atoms. The van der Waals surface area contributed by atoms with Crippen molar-refractivity contribution in [1.82, 2.24) is 4.90 Å². The molecule has 0 bridgehead atoms. The van der Waals surface area contributed by atoms with Crippen molar-refractivity contribution in [3.63, 3.8) is 0 Å². The predicted molar refractivity (Wildman–Crippen MR) is 174 cm³/mol. The number of unbranched alkanes of at least 4 members (excludes halogenated alkanes) is 10. The van der Waals surface area contributed by atoms with Crippen LogP contribution in [0.3, 0.4) is 0 Å². The Labute approximate surface area is 245 Å². The van der Waals surface area contributed by atoms with Crippen molar-refractivity contribution in [2.45, 2.75) is 168 Å². The van der Waals surface area contributed by atoms with Gasteiger partial charge in [-0.15, -0.1) is 0 Å². The van der Waals surface area contributed by atoms with Crippen molar-refractivity contribution in [3.05, 3.63) is 36.5 Å². The van der Waals surface area contributed by atoms with Gasteiger partial charge in [-0.05, 0) is 123 Å². The minimum absolute atomic E-state index is 0.121. The summed E-state index contributed by atoms with van der Waals surface area (Å²) in [7, 11) is 4.22. The Hall–Kier alpha value is -0.900. The summed E-state index contributed by atoms with van der Waals surface area (Å²) in [6.07, 6.45) is 38.4. The number of nitrogens with zero attached hydrogens (tertiary/aromatic N) is 1. The van der Waals surface area contributed by atoms with E-state index < -0.39 is 6.29 Å². The third kappa shape index (κ3) is 27.1. The predicted octanol–water partition coefficient (Wildman–Crippen LogP) is 10.8. The summed E-state index contributed by atoms with van der Waals surface area (Å²) in [5.41, 5.74) is 0. The Morgan fingerprint density at radius 1 is 0.538 bits per heavy atom. The van der Waals surface area contributed by atoms with Crippen LogP contribution in [0.15, 0.2) is 36.5 Å². The van der Waals surface area contributed by atoms with Gasteiger partial charge in [-0.2, -0.15) is 0 Å². The van der Waals surface area contributed by atoms with Crippen LogP contribution in [0.2, 0.25) is 0 Å². The van der Waals surface area contributed by atoms with E-state index in [1.165, 1.54) is 77.0 Å². The second kappa shape index (κ2) is 30.1. The van der Waals surface area contributed by atoms with Gasteiger partial charge in [-0.3, -0.25) is 0 Å². The number of aliphatic hydroxyl groups excluding tert-OH is 1. The molecule has 0 saturated heterocycles. The summed E-state index contributed by atoms with van der Waals surface area (Å²) >= 11 is 0. The molecule has 0 aromatic rings. The standard InChI is InChI=1S/C36H69NO2/c1-6-9-12-15-18-21-24-29-34(30-25-22-19-16-13-10-7-2)35(31-26-23-20-17-14-11-8-3)39-36(38)32-27-28-33-37(4)5/h18-23,34-36,38H,6-17,24-33H2,1-5H3/b21-18-,22-19-,23-20-. The molecule has 0 amide bonds. The molecule has 230 valence electrons. The first-order valence-electron chi connectivity index (χ1n) is 17.0. The Morgan fingerprint density at radius 2 is 0.974 bits per heavy atom. The fraction of sp³-hybridized carbons (Fsp3) is 0.833. The minimum Gasteiger partial charge on any atom is -0.368 e. The van der Waals surface area contributed by atoms with E-state index in [4.69, 9.17) is 4.74 Å². The average molecular weight is 548 g/mol. The van der Waals surface area contributed by atoms with Gasteiger partial charge in [0.15, 0.2) is 6.29 Å².